The van der Waals surface area contributed by atoms with Gasteiger partial charge in [0.1, 0.15) is 0 Å². The number of rotatable bonds is 5. The van der Waals surface area contributed by atoms with Crippen LogP contribution in [0.3, 0.4) is 0 Å². The van der Waals surface area contributed by atoms with Gasteiger partial charge in [-0.15, -0.1) is 0 Å². The minimum atomic E-state index is -0.0160. The van der Waals surface area contributed by atoms with Crippen LogP contribution < -0.4 is 5.32 Å². The summed E-state index contributed by atoms with van der Waals surface area (Å²) >= 11 is 0. The van der Waals surface area contributed by atoms with Crippen molar-refractivity contribution in [3.05, 3.63) is 35.9 Å². The first kappa shape index (κ1) is 19.8. The number of hydrogen-bond acceptors (Lipinski definition) is 4. The highest BCUT2D eigenvalue weighted by Crippen LogP contribution is 2.26. The number of likely N-dealkylation sites (tertiary alicyclic amines) is 1. The lowest BCUT2D eigenvalue weighted by Gasteiger charge is -2.43. The van der Waals surface area contributed by atoms with E-state index in [4.69, 9.17) is 4.74 Å². The van der Waals surface area contributed by atoms with E-state index in [1.54, 1.807) is 0 Å². The van der Waals surface area contributed by atoms with Gasteiger partial charge in [0.2, 0.25) is 5.91 Å². The van der Waals surface area contributed by atoms with E-state index < -0.39 is 0 Å². The molecule has 1 aromatic carbocycles. The number of hydrogen-bond donors (Lipinski definition) is 1. The maximum absolute atomic E-state index is 12.7. The Morgan fingerprint density at radius 3 is 2.37 bits per heavy atom. The molecule has 27 heavy (non-hydrogen) atoms. The third-order valence-electron chi connectivity index (χ3n) is 6.14. The highest BCUT2D eigenvalue weighted by atomic mass is 16.5. The van der Waals surface area contributed by atoms with Gasteiger partial charge in [0.25, 0.3) is 5.91 Å². The first-order chi connectivity index (χ1) is 13.0. The number of nitrogens with one attached hydrogen (secondary N) is 1. The molecule has 0 saturated carbocycles. The topological polar surface area (TPSA) is 61.9 Å². The van der Waals surface area contributed by atoms with Crippen LogP contribution >= 0.6 is 0 Å². The van der Waals surface area contributed by atoms with E-state index in [9.17, 15) is 9.59 Å². The van der Waals surface area contributed by atoms with Crippen molar-refractivity contribution in [3.8, 4) is 0 Å². The van der Waals surface area contributed by atoms with E-state index in [2.05, 4.69) is 24.3 Å². The van der Waals surface area contributed by atoms with Crippen molar-refractivity contribution in [3.63, 3.8) is 0 Å². The van der Waals surface area contributed by atoms with Crippen molar-refractivity contribution in [2.45, 2.75) is 31.2 Å². The largest absolute Gasteiger partial charge is 0.381 e. The average molecular weight is 373 g/mol. The SMILES string of the molecule is CN(C)C1(CNC(=O)C2CCN(C(=O)c3ccccc3)CC2)CCOCC1. The van der Waals surface area contributed by atoms with Crippen LogP contribution in [-0.4, -0.2) is 74.1 Å². The predicted molar refractivity (Wildman–Crippen MR) is 105 cm³/mol. The minimum absolute atomic E-state index is 0.0103. The number of ether oxygens (including phenoxy) is 1. The summed E-state index contributed by atoms with van der Waals surface area (Å²) in [6.07, 6.45) is 3.32. The highest BCUT2D eigenvalue weighted by molar-refractivity contribution is 5.94. The van der Waals surface area contributed by atoms with Crippen LogP contribution in [0.15, 0.2) is 30.3 Å². The zero-order valence-electron chi connectivity index (χ0n) is 16.4. The second-order valence-electron chi connectivity index (χ2n) is 7.88. The van der Waals surface area contributed by atoms with Crippen molar-refractivity contribution < 1.29 is 14.3 Å². The predicted octanol–water partition coefficient (Wildman–Crippen LogP) is 1.77. The van der Waals surface area contributed by atoms with Crippen LogP contribution in [0.25, 0.3) is 0 Å². The maximum atomic E-state index is 12.7. The molecule has 2 heterocycles. The summed E-state index contributed by atoms with van der Waals surface area (Å²) in [4.78, 5) is 29.3. The monoisotopic (exact) mass is 373 g/mol. The molecule has 6 heteroatoms. The van der Waals surface area contributed by atoms with Crippen LogP contribution in [-0.2, 0) is 9.53 Å². The van der Waals surface area contributed by atoms with Crippen LogP contribution in [0.4, 0.5) is 0 Å². The molecular formula is C21H31N3O3. The summed E-state index contributed by atoms with van der Waals surface area (Å²) in [6.45, 7) is 3.42. The second-order valence-corrected chi connectivity index (χ2v) is 7.88. The molecular weight excluding hydrogens is 342 g/mol. The van der Waals surface area contributed by atoms with Crippen molar-refractivity contribution in [1.82, 2.24) is 15.1 Å². The number of piperidine rings is 1. The van der Waals surface area contributed by atoms with Crippen molar-refractivity contribution in [1.29, 1.82) is 0 Å². The molecule has 148 valence electrons. The Kier molecular flexibility index (Phi) is 6.50. The van der Waals surface area contributed by atoms with Crippen molar-refractivity contribution in [2.75, 3.05) is 46.9 Å². The molecule has 1 N–H and O–H groups in total. The fraction of sp³-hybridized carbons (Fsp3) is 0.619. The number of amides is 2. The van der Waals surface area contributed by atoms with Gasteiger partial charge in [-0.3, -0.25) is 9.59 Å². The lowest BCUT2D eigenvalue weighted by molar-refractivity contribution is -0.127. The Hall–Kier alpha value is -1.92. The Morgan fingerprint density at radius 1 is 1.15 bits per heavy atom. The maximum Gasteiger partial charge on any atom is 0.253 e. The van der Waals surface area contributed by atoms with Gasteiger partial charge in [-0.2, -0.15) is 0 Å². The molecule has 2 saturated heterocycles. The Morgan fingerprint density at radius 2 is 1.78 bits per heavy atom. The Labute approximate surface area is 161 Å². The van der Waals surface area contributed by atoms with Gasteiger partial charge in [0.05, 0.1) is 0 Å². The number of carbonyl (C=O) groups excluding carboxylic acids is 2. The highest BCUT2D eigenvalue weighted by Gasteiger charge is 2.36. The summed E-state index contributed by atoms with van der Waals surface area (Å²) < 4.78 is 5.49. The van der Waals surface area contributed by atoms with E-state index in [1.807, 2.05) is 35.2 Å². The van der Waals surface area contributed by atoms with Crippen LogP contribution in [0.1, 0.15) is 36.0 Å². The molecule has 0 aromatic heterocycles. The summed E-state index contributed by atoms with van der Waals surface area (Å²) in [5.74, 6) is 0.168. The summed E-state index contributed by atoms with van der Waals surface area (Å²) in [6, 6.07) is 9.35. The zero-order chi connectivity index (χ0) is 19.3. The fourth-order valence-corrected chi connectivity index (χ4v) is 4.04. The fourth-order valence-electron chi connectivity index (χ4n) is 4.04. The third-order valence-corrected chi connectivity index (χ3v) is 6.14. The number of likely N-dealkylation sites (N-methyl/N-ethyl adjacent to an activating group) is 1. The van der Waals surface area contributed by atoms with Crippen LogP contribution in [0, 0.1) is 5.92 Å². The van der Waals surface area contributed by atoms with Crippen LogP contribution in [0.2, 0.25) is 0 Å². The summed E-state index contributed by atoms with van der Waals surface area (Å²) in [5, 5.41) is 3.18. The Balaban J connectivity index is 1.49. The van der Waals surface area contributed by atoms with Crippen molar-refractivity contribution in [2.24, 2.45) is 5.92 Å². The van der Waals surface area contributed by atoms with Gasteiger partial charge in [0.15, 0.2) is 0 Å². The van der Waals surface area contributed by atoms with Gasteiger partial charge >= 0.3 is 0 Å². The quantitative estimate of drug-likeness (QED) is 0.854. The molecule has 2 aliphatic rings. The summed E-state index contributed by atoms with van der Waals surface area (Å²) in [5.41, 5.74) is 0.700. The molecule has 0 bridgehead atoms. The molecule has 0 spiro atoms. The number of carbonyl (C=O) groups is 2. The molecule has 1 aromatic rings. The van der Waals surface area contributed by atoms with Gasteiger partial charge in [-0.25, -0.2) is 0 Å². The number of benzene rings is 1. The van der Waals surface area contributed by atoms with E-state index in [0.717, 1.165) is 38.9 Å². The minimum Gasteiger partial charge on any atom is -0.381 e. The molecule has 3 rings (SSSR count). The molecule has 2 amide bonds. The smallest absolute Gasteiger partial charge is 0.253 e. The molecule has 6 nitrogen and oxygen atoms in total. The van der Waals surface area contributed by atoms with E-state index >= 15 is 0 Å². The van der Waals surface area contributed by atoms with Gasteiger partial charge in [-0.1, -0.05) is 18.2 Å². The lowest BCUT2D eigenvalue weighted by Crippen LogP contribution is -2.56. The van der Waals surface area contributed by atoms with E-state index in [1.165, 1.54) is 0 Å². The summed E-state index contributed by atoms with van der Waals surface area (Å²) in [7, 11) is 4.15. The Bertz CT molecular complexity index is 633. The molecule has 2 aliphatic heterocycles. The normalized spacial score (nSPS) is 20.5. The van der Waals surface area contributed by atoms with Crippen LogP contribution in [0.5, 0.6) is 0 Å². The third kappa shape index (κ3) is 4.68. The molecule has 0 atom stereocenters. The first-order valence-electron chi connectivity index (χ1n) is 9.89. The second kappa shape index (κ2) is 8.85. The molecule has 0 unspecified atom stereocenters. The number of nitrogens with zero attached hydrogens (tertiary/aromatic N) is 2. The van der Waals surface area contributed by atoms with E-state index in [-0.39, 0.29) is 23.3 Å². The zero-order valence-corrected chi connectivity index (χ0v) is 16.4. The first-order valence-corrected chi connectivity index (χ1v) is 9.89. The van der Waals surface area contributed by atoms with Gasteiger partial charge in [0, 0.05) is 49.9 Å². The van der Waals surface area contributed by atoms with Crippen molar-refractivity contribution >= 4 is 11.8 Å². The lowest BCUT2D eigenvalue weighted by atomic mass is 9.88. The standard InChI is InChI=1S/C21H31N3O3/c1-23(2)21(10-14-27-15-11-21)16-22-19(25)17-8-12-24(13-9-17)20(26)18-6-4-3-5-7-18/h3-7,17H,8-16H2,1-2H3,(H,22,25). The average Bonchev–Trinajstić information content (AvgIpc) is 2.73. The molecule has 0 aliphatic carbocycles. The van der Waals surface area contributed by atoms with Gasteiger partial charge in [-0.05, 0) is 51.9 Å². The molecule has 2 fully saturated rings. The van der Waals surface area contributed by atoms with E-state index in [0.29, 0.717) is 25.2 Å². The molecule has 0 radical (unpaired) electrons. The van der Waals surface area contributed by atoms with Gasteiger partial charge < -0.3 is 19.9 Å².